The van der Waals surface area contributed by atoms with Gasteiger partial charge in [0.05, 0.1) is 24.8 Å². The Hall–Kier alpha value is -3.28. The van der Waals surface area contributed by atoms with E-state index < -0.39 is 0 Å². The van der Waals surface area contributed by atoms with E-state index >= 15 is 0 Å². The van der Waals surface area contributed by atoms with Gasteiger partial charge in [0.2, 0.25) is 0 Å². The molecule has 0 unspecified atom stereocenters. The van der Waals surface area contributed by atoms with Crippen LogP contribution in [0.15, 0.2) is 53.1 Å². The van der Waals surface area contributed by atoms with Crippen molar-refractivity contribution in [3.05, 3.63) is 71.1 Å². The fourth-order valence-corrected chi connectivity index (χ4v) is 2.54. The van der Waals surface area contributed by atoms with Crippen LogP contribution in [0.25, 0.3) is 0 Å². The Labute approximate surface area is 157 Å². The van der Waals surface area contributed by atoms with E-state index in [1.54, 1.807) is 31.4 Å². The zero-order valence-corrected chi connectivity index (χ0v) is 15.5. The lowest BCUT2D eigenvalue weighted by Gasteiger charge is -2.08. The van der Waals surface area contributed by atoms with Gasteiger partial charge in [-0.25, -0.2) is 0 Å². The van der Waals surface area contributed by atoms with Crippen molar-refractivity contribution in [2.45, 2.75) is 26.9 Å². The Bertz CT molecular complexity index is 878. The summed E-state index contributed by atoms with van der Waals surface area (Å²) in [6, 6.07) is 14.2. The number of aromatic nitrogens is 1. The third-order valence-electron chi connectivity index (χ3n) is 4.13. The van der Waals surface area contributed by atoms with Gasteiger partial charge in [0.25, 0.3) is 0 Å². The summed E-state index contributed by atoms with van der Waals surface area (Å²) in [5.74, 6) is 2.33. The Morgan fingerprint density at radius 2 is 1.59 bits per heavy atom. The second-order valence-electron chi connectivity index (χ2n) is 6.06. The Kier molecular flexibility index (Phi) is 5.76. The van der Waals surface area contributed by atoms with Gasteiger partial charge in [0.1, 0.15) is 29.6 Å². The van der Waals surface area contributed by atoms with E-state index in [-0.39, 0.29) is 12.4 Å². The molecule has 1 heterocycles. The number of carbonyl (C=O) groups excluding carboxylic acids is 1. The van der Waals surface area contributed by atoms with Crippen molar-refractivity contribution in [1.29, 1.82) is 0 Å². The zero-order chi connectivity index (χ0) is 19.2. The first-order valence-electron chi connectivity index (χ1n) is 8.53. The van der Waals surface area contributed by atoms with E-state index in [1.165, 1.54) is 0 Å². The lowest BCUT2D eigenvalue weighted by molar-refractivity contribution is -0.133. The molecule has 0 N–H and O–H groups in total. The summed E-state index contributed by atoms with van der Waals surface area (Å²) in [7, 11) is 1.59. The van der Waals surface area contributed by atoms with Crippen LogP contribution in [-0.2, 0) is 17.8 Å². The number of benzene rings is 2. The van der Waals surface area contributed by atoms with Gasteiger partial charge >= 0.3 is 5.97 Å². The summed E-state index contributed by atoms with van der Waals surface area (Å²) < 4.78 is 21.3. The standard InChI is InChI=1S/C21H21NO5/c1-14-20(15(2)27-22-14)13-25-18-6-4-16(5-7-18)12-21(23)26-19-10-8-17(24-3)9-11-19/h4-11H,12-13H2,1-3H3. The van der Waals surface area contributed by atoms with E-state index in [9.17, 15) is 4.79 Å². The lowest BCUT2D eigenvalue weighted by Crippen LogP contribution is -2.11. The molecule has 140 valence electrons. The van der Waals surface area contributed by atoms with Gasteiger partial charge < -0.3 is 18.7 Å². The lowest BCUT2D eigenvalue weighted by atomic mass is 10.1. The first kappa shape index (κ1) is 18.5. The molecular weight excluding hydrogens is 346 g/mol. The third-order valence-corrected chi connectivity index (χ3v) is 4.13. The van der Waals surface area contributed by atoms with Gasteiger partial charge in [-0.3, -0.25) is 4.79 Å². The maximum Gasteiger partial charge on any atom is 0.315 e. The zero-order valence-electron chi connectivity index (χ0n) is 15.5. The second kappa shape index (κ2) is 8.40. The topological polar surface area (TPSA) is 70.8 Å². The van der Waals surface area contributed by atoms with Crippen LogP contribution in [0.2, 0.25) is 0 Å². The molecule has 0 amide bonds. The highest BCUT2D eigenvalue weighted by Crippen LogP contribution is 2.20. The highest BCUT2D eigenvalue weighted by atomic mass is 16.5. The molecule has 0 bridgehead atoms. The van der Waals surface area contributed by atoms with E-state index in [0.717, 1.165) is 22.6 Å². The summed E-state index contributed by atoms with van der Waals surface area (Å²) in [5, 5.41) is 3.91. The molecule has 0 aliphatic carbocycles. The predicted molar refractivity (Wildman–Crippen MR) is 99.1 cm³/mol. The fraction of sp³-hybridized carbons (Fsp3) is 0.238. The average Bonchev–Trinajstić information content (AvgIpc) is 2.99. The van der Waals surface area contributed by atoms with Crippen LogP contribution in [0.1, 0.15) is 22.6 Å². The van der Waals surface area contributed by atoms with Crippen molar-refractivity contribution in [2.75, 3.05) is 7.11 Å². The average molecular weight is 367 g/mol. The first-order chi connectivity index (χ1) is 13.0. The number of aryl methyl sites for hydroxylation is 2. The molecular formula is C21H21NO5. The van der Waals surface area contributed by atoms with Crippen molar-refractivity contribution < 1.29 is 23.5 Å². The third kappa shape index (κ3) is 4.88. The summed E-state index contributed by atoms with van der Waals surface area (Å²) in [4.78, 5) is 12.1. The number of hydrogen-bond acceptors (Lipinski definition) is 6. The van der Waals surface area contributed by atoms with Crippen LogP contribution in [-0.4, -0.2) is 18.2 Å². The fourth-order valence-electron chi connectivity index (χ4n) is 2.54. The van der Waals surface area contributed by atoms with E-state index in [0.29, 0.717) is 23.9 Å². The predicted octanol–water partition coefficient (Wildman–Crippen LogP) is 4.03. The first-order valence-corrected chi connectivity index (χ1v) is 8.53. The van der Waals surface area contributed by atoms with Gasteiger partial charge in [-0.05, 0) is 55.8 Å². The summed E-state index contributed by atoms with van der Waals surface area (Å²) in [6.07, 6.45) is 0.177. The SMILES string of the molecule is COc1ccc(OC(=O)Cc2ccc(OCc3c(C)noc3C)cc2)cc1. The van der Waals surface area contributed by atoms with E-state index in [1.807, 2.05) is 38.1 Å². The molecule has 0 aliphatic rings. The minimum absolute atomic E-state index is 0.177. The van der Waals surface area contributed by atoms with Gasteiger partial charge in [-0.1, -0.05) is 17.3 Å². The number of carbonyl (C=O) groups is 1. The van der Waals surface area contributed by atoms with Crippen LogP contribution in [0.4, 0.5) is 0 Å². The molecule has 6 heteroatoms. The molecule has 0 saturated carbocycles. The summed E-state index contributed by atoms with van der Waals surface area (Å²) in [6.45, 7) is 4.13. The van der Waals surface area contributed by atoms with Gasteiger partial charge in [-0.2, -0.15) is 0 Å². The normalized spacial score (nSPS) is 10.5. The minimum Gasteiger partial charge on any atom is -0.497 e. The van der Waals surface area contributed by atoms with E-state index in [2.05, 4.69) is 5.16 Å². The molecule has 0 radical (unpaired) electrons. The van der Waals surface area contributed by atoms with Crippen molar-refractivity contribution in [2.24, 2.45) is 0 Å². The van der Waals surface area contributed by atoms with Crippen molar-refractivity contribution in [3.8, 4) is 17.2 Å². The molecule has 0 spiro atoms. The van der Waals surface area contributed by atoms with Crippen molar-refractivity contribution in [3.63, 3.8) is 0 Å². The molecule has 6 nitrogen and oxygen atoms in total. The molecule has 27 heavy (non-hydrogen) atoms. The quantitative estimate of drug-likeness (QED) is 0.464. The highest BCUT2D eigenvalue weighted by Gasteiger charge is 2.10. The molecule has 0 aliphatic heterocycles. The molecule has 3 aromatic rings. The molecule has 1 aromatic heterocycles. The minimum atomic E-state index is -0.329. The largest absolute Gasteiger partial charge is 0.497 e. The van der Waals surface area contributed by atoms with Gasteiger partial charge in [0, 0.05) is 0 Å². The van der Waals surface area contributed by atoms with Crippen LogP contribution in [0.5, 0.6) is 17.2 Å². The molecule has 3 rings (SSSR count). The Balaban J connectivity index is 1.52. The number of rotatable bonds is 7. The number of nitrogens with zero attached hydrogens (tertiary/aromatic N) is 1. The highest BCUT2D eigenvalue weighted by molar-refractivity contribution is 5.75. The summed E-state index contributed by atoms with van der Waals surface area (Å²) in [5.41, 5.74) is 2.62. The smallest absolute Gasteiger partial charge is 0.315 e. The number of ether oxygens (including phenoxy) is 3. The Morgan fingerprint density at radius 3 is 2.19 bits per heavy atom. The van der Waals surface area contributed by atoms with Crippen LogP contribution in [0.3, 0.4) is 0 Å². The monoisotopic (exact) mass is 367 g/mol. The number of hydrogen-bond donors (Lipinski definition) is 0. The maximum atomic E-state index is 12.1. The molecule has 0 atom stereocenters. The second-order valence-corrected chi connectivity index (χ2v) is 6.06. The van der Waals surface area contributed by atoms with Crippen LogP contribution < -0.4 is 14.2 Å². The summed E-state index contributed by atoms with van der Waals surface area (Å²) >= 11 is 0. The molecule has 2 aromatic carbocycles. The van der Waals surface area contributed by atoms with Gasteiger partial charge in [0.15, 0.2) is 0 Å². The van der Waals surface area contributed by atoms with E-state index in [4.69, 9.17) is 18.7 Å². The molecule has 0 saturated heterocycles. The Morgan fingerprint density at radius 1 is 0.963 bits per heavy atom. The molecule has 0 fully saturated rings. The van der Waals surface area contributed by atoms with Crippen LogP contribution >= 0.6 is 0 Å². The van der Waals surface area contributed by atoms with Crippen molar-refractivity contribution in [1.82, 2.24) is 5.16 Å². The van der Waals surface area contributed by atoms with Gasteiger partial charge in [-0.15, -0.1) is 0 Å². The van der Waals surface area contributed by atoms with Crippen LogP contribution in [0, 0.1) is 13.8 Å². The maximum absolute atomic E-state index is 12.1. The van der Waals surface area contributed by atoms with Crippen molar-refractivity contribution >= 4 is 5.97 Å². The number of methoxy groups -OCH3 is 1. The number of esters is 1.